The normalized spacial score (nSPS) is 16.0. The van der Waals surface area contributed by atoms with Crippen LogP contribution in [0.15, 0.2) is 133 Å². The summed E-state index contributed by atoms with van der Waals surface area (Å²) in [6.07, 6.45) is 0.956. The highest BCUT2D eigenvalue weighted by Crippen LogP contribution is 2.58. The molecule has 0 saturated carbocycles. The Morgan fingerprint density at radius 1 is 0.676 bits per heavy atom. The zero-order valence-corrected chi connectivity index (χ0v) is 20.5. The number of methoxy groups -OCH3 is 1. The Hall–Kier alpha value is -4.13. The first-order valence-electron chi connectivity index (χ1n) is 12.2. The molecule has 5 rings (SSSR count). The predicted octanol–water partition coefficient (Wildman–Crippen LogP) is 6.29. The maximum atomic E-state index is 11.4. The van der Waals surface area contributed by atoms with E-state index >= 15 is 0 Å². The van der Waals surface area contributed by atoms with Crippen LogP contribution < -0.4 is 0 Å². The van der Waals surface area contributed by atoms with Gasteiger partial charge in [0.05, 0.1) is 7.11 Å². The second-order valence-corrected chi connectivity index (χ2v) is 8.62. The van der Waals surface area contributed by atoms with Gasteiger partial charge < -0.3 is 18.8 Å². The van der Waals surface area contributed by atoms with Crippen molar-refractivity contribution in [3.63, 3.8) is 0 Å². The van der Waals surface area contributed by atoms with Crippen molar-refractivity contribution in [1.82, 2.24) is 0 Å². The summed E-state index contributed by atoms with van der Waals surface area (Å²) < 4.78 is 23.6. The largest absolute Gasteiger partial charge is 0.508 e. The number of carbonyl (C=O) groups is 1. The first-order chi connectivity index (χ1) is 18.2. The zero-order valence-electron chi connectivity index (χ0n) is 20.5. The maximum Gasteiger partial charge on any atom is 0.508 e. The number of carbonyl (C=O) groups excluding carboxylic acids is 1. The third kappa shape index (κ3) is 4.46. The van der Waals surface area contributed by atoms with Gasteiger partial charge in [-0.25, -0.2) is 4.79 Å². The third-order valence-electron chi connectivity index (χ3n) is 6.56. The minimum absolute atomic E-state index is 0.0310. The average Bonchev–Trinajstić information content (AvgIpc) is 3.34. The standard InChI is InChI=1S/C31H27BO5/c1-34-29(33)35-24-14-23-32-36-30(25-15-6-2-7-16-25,26-17-8-3-9-18-26)31(37-32,27-19-10-4-11-20-27)28-21-12-5-13-22-28/h2-23H,24H2,1H3/b23-14+. The van der Waals surface area contributed by atoms with E-state index in [1.165, 1.54) is 7.11 Å². The van der Waals surface area contributed by atoms with Gasteiger partial charge in [0.25, 0.3) is 0 Å². The summed E-state index contributed by atoms with van der Waals surface area (Å²) in [7, 11) is 0.527. The second-order valence-electron chi connectivity index (χ2n) is 8.62. The lowest BCUT2D eigenvalue weighted by Gasteiger charge is -2.46. The highest BCUT2D eigenvalue weighted by Gasteiger charge is 2.65. The quantitative estimate of drug-likeness (QED) is 0.225. The average molecular weight is 490 g/mol. The molecule has 0 atom stereocenters. The molecule has 4 aromatic carbocycles. The van der Waals surface area contributed by atoms with Crippen LogP contribution in [0.25, 0.3) is 0 Å². The molecule has 1 aliphatic heterocycles. The summed E-state index contributed by atoms with van der Waals surface area (Å²) in [5, 5.41) is 0. The van der Waals surface area contributed by atoms with Crippen molar-refractivity contribution in [3.05, 3.63) is 156 Å². The van der Waals surface area contributed by atoms with Gasteiger partial charge in [0.1, 0.15) is 17.8 Å². The van der Waals surface area contributed by atoms with Crippen LogP contribution >= 0.6 is 0 Å². The van der Waals surface area contributed by atoms with E-state index in [1.54, 1.807) is 12.1 Å². The van der Waals surface area contributed by atoms with E-state index in [0.717, 1.165) is 22.3 Å². The molecule has 0 spiro atoms. The van der Waals surface area contributed by atoms with E-state index in [0.29, 0.717) is 0 Å². The molecule has 0 bridgehead atoms. The van der Waals surface area contributed by atoms with Gasteiger partial charge in [0.2, 0.25) is 0 Å². The van der Waals surface area contributed by atoms with Crippen molar-refractivity contribution in [2.75, 3.05) is 13.7 Å². The van der Waals surface area contributed by atoms with Gasteiger partial charge in [0.15, 0.2) is 0 Å². The van der Waals surface area contributed by atoms with Crippen LogP contribution in [0.5, 0.6) is 0 Å². The number of ether oxygens (including phenoxy) is 2. The lowest BCUT2D eigenvalue weighted by atomic mass is 9.66. The van der Waals surface area contributed by atoms with Crippen molar-refractivity contribution < 1.29 is 23.6 Å². The van der Waals surface area contributed by atoms with Gasteiger partial charge >= 0.3 is 13.3 Å². The molecule has 184 valence electrons. The summed E-state index contributed by atoms with van der Waals surface area (Å²) in [6.45, 7) is 0.0310. The molecule has 37 heavy (non-hydrogen) atoms. The highest BCUT2D eigenvalue weighted by atomic mass is 16.7. The van der Waals surface area contributed by atoms with E-state index in [2.05, 4.69) is 53.3 Å². The molecule has 0 radical (unpaired) electrons. The Bertz CT molecular complexity index is 1160. The van der Waals surface area contributed by atoms with Crippen LogP contribution in [0, 0.1) is 0 Å². The van der Waals surface area contributed by atoms with Crippen molar-refractivity contribution in [2.24, 2.45) is 0 Å². The molecule has 1 heterocycles. The summed E-state index contributed by atoms with van der Waals surface area (Å²) in [4.78, 5) is 11.4. The molecule has 1 saturated heterocycles. The molecule has 0 aliphatic carbocycles. The first kappa shape index (κ1) is 24.6. The van der Waals surface area contributed by atoms with Gasteiger partial charge in [-0.1, -0.05) is 133 Å². The summed E-state index contributed by atoms with van der Waals surface area (Å²) >= 11 is 0. The van der Waals surface area contributed by atoms with E-state index in [1.807, 2.05) is 72.8 Å². The Kier molecular flexibility index (Phi) is 7.22. The summed E-state index contributed by atoms with van der Waals surface area (Å²) in [5.41, 5.74) is 1.73. The van der Waals surface area contributed by atoms with E-state index in [4.69, 9.17) is 14.0 Å². The molecule has 0 amide bonds. The van der Waals surface area contributed by atoms with E-state index in [9.17, 15) is 4.79 Å². The van der Waals surface area contributed by atoms with Crippen molar-refractivity contribution in [3.8, 4) is 0 Å². The number of benzene rings is 4. The summed E-state index contributed by atoms with van der Waals surface area (Å²) in [5.74, 6) is 1.78. The lowest BCUT2D eigenvalue weighted by Crippen LogP contribution is -2.48. The van der Waals surface area contributed by atoms with Crippen molar-refractivity contribution in [1.29, 1.82) is 0 Å². The highest BCUT2D eigenvalue weighted by molar-refractivity contribution is 6.51. The molecule has 0 unspecified atom stereocenters. The van der Waals surface area contributed by atoms with E-state index in [-0.39, 0.29) is 6.61 Å². The van der Waals surface area contributed by atoms with E-state index < -0.39 is 24.5 Å². The molecule has 6 heteroatoms. The molecular weight excluding hydrogens is 463 g/mol. The maximum absolute atomic E-state index is 11.4. The molecule has 1 aliphatic rings. The fraction of sp³-hybridized carbons (Fsp3) is 0.129. The minimum atomic E-state index is -1.05. The Morgan fingerprint density at radius 3 is 1.35 bits per heavy atom. The van der Waals surface area contributed by atoms with Gasteiger partial charge in [-0.3, -0.25) is 0 Å². The van der Waals surface area contributed by atoms with Crippen LogP contribution in [0.3, 0.4) is 0 Å². The Labute approximate surface area is 217 Å². The number of rotatable bonds is 7. The van der Waals surface area contributed by atoms with Crippen molar-refractivity contribution >= 4 is 13.3 Å². The molecular formula is C31H27BO5. The second kappa shape index (κ2) is 10.9. The van der Waals surface area contributed by atoms with Crippen LogP contribution in [0.2, 0.25) is 0 Å². The SMILES string of the molecule is COC(=O)OC/C=C/B1OC(c2ccccc2)(c2ccccc2)C(c2ccccc2)(c2ccccc2)O1. The topological polar surface area (TPSA) is 54.0 Å². The number of hydrogen-bond donors (Lipinski definition) is 0. The monoisotopic (exact) mass is 490 g/mol. The Balaban J connectivity index is 1.76. The van der Waals surface area contributed by atoms with Gasteiger partial charge in [-0.05, 0) is 22.3 Å². The molecule has 5 nitrogen and oxygen atoms in total. The lowest BCUT2D eigenvalue weighted by molar-refractivity contribution is 0.00370. The molecule has 1 fully saturated rings. The molecule has 4 aromatic rings. The van der Waals surface area contributed by atoms with Crippen LogP contribution in [0.4, 0.5) is 4.79 Å². The first-order valence-corrected chi connectivity index (χ1v) is 12.2. The van der Waals surface area contributed by atoms with Gasteiger partial charge in [-0.2, -0.15) is 0 Å². The summed E-state index contributed by atoms with van der Waals surface area (Å²) in [6, 6.07) is 40.6. The fourth-order valence-corrected chi connectivity index (χ4v) is 5.07. The van der Waals surface area contributed by atoms with Gasteiger partial charge in [0, 0.05) is 0 Å². The Morgan fingerprint density at radius 2 is 1.03 bits per heavy atom. The molecule has 0 N–H and O–H groups in total. The zero-order chi connectivity index (χ0) is 25.6. The van der Waals surface area contributed by atoms with Crippen LogP contribution in [-0.2, 0) is 30.0 Å². The van der Waals surface area contributed by atoms with Crippen LogP contribution in [-0.4, -0.2) is 27.0 Å². The van der Waals surface area contributed by atoms with Gasteiger partial charge in [-0.15, -0.1) is 0 Å². The minimum Gasteiger partial charge on any atom is -0.438 e. The smallest absolute Gasteiger partial charge is 0.438 e. The third-order valence-corrected chi connectivity index (χ3v) is 6.56. The fourth-order valence-electron chi connectivity index (χ4n) is 5.07. The number of hydrogen-bond acceptors (Lipinski definition) is 5. The van der Waals surface area contributed by atoms with Crippen molar-refractivity contribution in [2.45, 2.75) is 11.2 Å². The predicted molar refractivity (Wildman–Crippen MR) is 143 cm³/mol. The van der Waals surface area contributed by atoms with Crippen LogP contribution in [0.1, 0.15) is 22.3 Å². The molecule has 0 aromatic heterocycles.